The van der Waals surface area contributed by atoms with Crippen molar-refractivity contribution in [3.05, 3.63) is 40.1 Å². The second-order valence-corrected chi connectivity index (χ2v) is 5.60. The van der Waals surface area contributed by atoms with Gasteiger partial charge >= 0.3 is 0 Å². The summed E-state index contributed by atoms with van der Waals surface area (Å²) >= 11 is 1.61. The Hall–Kier alpha value is -2.21. The quantitative estimate of drug-likeness (QED) is 0.887. The van der Waals surface area contributed by atoms with Crippen molar-refractivity contribution in [2.24, 2.45) is 0 Å². The third kappa shape index (κ3) is 3.33. The number of rotatable bonds is 6. The molecule has 0 aliphatic carbocycles. The smallest absolute Gasteiger partial charge is 0.252 e. The summed E-state index contributed by atoms with van der Waals surface area (Å²) in [5.41, 5.74) is 0.456. The number of amides is 1. The number of thiophene rings is 1. The minimum atomic E-state index is -0.194. The number of hydrogen-bond acceptors (Lipinski definition) is 5. The molecule has 0 fully saturated rings. The average molecular weight is 321 g/mol. The van der Waals surface area contributed by atoms with Gasteiger partial charge in [-0.25, -0.2) is 0 Å². The van der Waals surface area contributed by atoms with Gasteiger partial charge in [-0.1, -0.05) is 6.07 Å². The lowest BCUT2D eigenvalue weighted by Gasteiger charge is -2.16. The van der Waals surface area contributed by atoms with Crippen molar-refractivity contribution in [3.8, 4) is 17.2 Å². The lowest BCUT2D eigenvalue weighted by atomic mass is 10.1. The number of hydrogen-bond donors (Lipinski definition) is 1. The fourth-order valence-corrected chi connectivity index (χ4v) is 2.84. The topological polar surface area (TPSA) is 56.8 Å². The number of nitrogens with one attached hydrogen (secondary N) is 1. The summed E-state index contributed by atoms with van der Waals surface area (Å²) in [5.74, 6) is 1.18. The minimum Gasteiger partial charge on any atom is -0.493 e. The van der Waals surface area contributed by atoms with Gasteiger partial charge in [-0.3, -0.25) is 4.79 Å². The van der Waals surface area contributed by atoms with Crippen LogP contribution in [0.4, 0.5) is 0 Å². The molecule has 1 amide bonds. The number of ether oxygens (including phenoxy) is 3. The molecule has 0 bridgehead atoms. The molecular weight excluding hydrogens is 302 g/mol. The van der Waals surface area contributed by atoms with Gasteiger partial charge in [0.1, 0.15) is 0 Å². The Morgan fingerprint density at radius 2 is 1.77 bits per heavy atom. The van der Waals surface area contributed by atoms with Crippen molar-refractivity contribution in [1.29, 1.82) is 0 Å². The van der Waals surface area contributed by atoms with Crippen LogP contribution in [-0.4, -0.2) is 27.2 Å². The van der Waals surface area contributed by atoms with Crippen molar-refractivity contribution >= 4 is 17.2 Å². The molecule has 0 aliphatic rings. The average Bonchev–Trinajstić information content (AvgIpc) is 3.07. The van der Waals surface area contributed by atoms with Gasteiger partial charge in [0, 0.05) is 10.4 Å². The van der Waals surface area contributed by atoms with Gasteiger partial charge in [0.15, 0.2) is 11.5 Å². The Morgan fingerprint density at radius 1 is 1.14 bits per heavy atom. The van der Waals surface area contributed by atoms with Gasteiger partial charge in [0.2, 0.25) is 5.75 Å². The highest BCUT2D eigenvalue weighted by Gasteiger charge is 2.18. The monoisotopic (exact) mass is 321 g/mol. The van der Waals surface area contributed by atoms with Crippen LogP contribution < -0.4 is 19.5 Å². The van der Waals surface area contributed by atoms with Crippen molar-refractivity contribution in [1.82, 2.24) is 5.32 Å². The first kappa shape index (κ1) is 16.2. The van der Waals surface area contributed by atoms with Crippen LogP contribution in [0.3, 0.4) is 0 Å². The molecule has 118 valence electrons. The van der Waals surface area contributed by atoms with E-state index in [1.807, 2.05) is 24.4 Å². The maximum absolute atomic E-state index is 12.4. The van der Waals surface area contributed by atoms with E-state index in [0.717, 1.165) is 4.88 Å². The molecule has 5 nitrogen and oxygen atoms in total. The van der Waals surface area contributed by atoms with Gasteiger partial charge < -0.3 is 19.5 Å². The van der Waals surface area contributed by atoms with Crippen molar-refractivity contribution < 1.29 is 19.0 Å². The zero-order valence-corrected chi connectivity index (χ0v) is 13.8. The van der Waals surface area contributed by atoms with Crippen molar-refractivity contribution in [2.45, 2.75) is 13.0 Å². The van der Waals surface area contributed by atoms with E-state index >= 15 is 0 Å². The maximum Gasteiger partial charge on any atom is 0.252 e. The molecule has 0 spiro atoms. The van der Waals surface area contributed by atoms with Gasteiger partial charge in [0.05, 0.1) is 27.4 Å². The molecule has 1 heterocycles. The highest BCUT2D eigenvalue weighted by molar-refractivity contribution is 7.10. The van der Waals surface area contributed by atoms with E-state index in [-0.39, 0.29) is 11.9 Å². The normalized spacial score (nSPS) is 11.6. The first-order valence-electron chi connectivity index (χ1n) is 6.75. The van der Waals surface area contributed by atoms with Crippen LogP contribution in [0.5, 0.6) is 17.2 Å². The van der Waals surface area contributed by atoms with Crippen LogP contribution in [0.2, 0.25) is 0 Å². The molecule has 0 saturated carbocycles. The van der Waals surface area contributed by atoms with Crippen LogP contribution >= 0.6 is 11.3 Å². The fraction of sp³-hybridized carbons (Fsp3) is 0.312. The van der Waals surface area contributed by atoms with E-state index in [0.29, 0.717) is 22.8 Å². The number of benzene rings is 1. The van der Waals surface area contributed by atoms with Gasteiger partial charge in [-0.2, -0.15) is 0 Å². The van der Waals surface area contributed by atoms with E-state index in [1.165, 1.54) is 21.3 Å². The molecule has 1 aromatic carbocycles. The molecule has 0 saturated heterocycles. The molecule has 1 atom stereocenters. The molecule has 0 radical (unpaired) electrons. The van der Waals surface area contributed by atoms with Gasteiger partial charge in [-0.05, 0) is 30.5 Å². The SMILES string of the molecule is COc1cc(C(=O)NC(C)c2cccs2)cc(OC)c1OC. The summed E-state index contributed by atoms with van der Waals surface area (Å²) in [6.45, 7) is 1.95. The molecule has 6 heteroatoms. The summed E-state index contributed by atoms with van der Waals surface area (Å²) in [4.78, 5) is 13.5. The molecular formula is C16H19NO4S. The summed E-state index contributed by atoms with van der Waals surface area (Å²) < 4.78 is 15.8. The lowest BCUT2D eigenvalue weighted by molar-refractivity contribution is 0.0939. The Kier molecular flexibility index (Phi) is 5.27. The van der Waals surface area contributed by atoms with Gasteiger partial charge in [-0.15, -0.1) is 11.3 Å². The number of carbonyl (C=O) groups is 1. The second-order valence-electron chi connectivity index (χ2n) is 4.62. The molecule has 1 aromatic heterocycles. The van der Waals surface area contributed by atoms with E-state index in [9.17, 15) is 4.79 Å². The molecule has 2 aromatic rings. The zero-order valence-electron chi connectivity index (χ0n) is 13.0. The van der Waals surface area contributed by atoms with Crippen LogP contribution in [0, 0.1) is 0 Å². The van der Waals surface area contributed by atoms with E-state index in [2.05, 4.69) is 5.32 Å². The van der Waals surface area contributed by atoms with Crippen LogP contribution in [-0.2, 0) is 0 Å². The predicted molar refractivity (Wildman–Crippen MR) is 86.3 cm³/mol. The largest absolute Gasteiger partial charge is 0.493 e. The van der Waals surface area contributed by atoms with Gasteiger partial charge in [0.25, 0.3) is 5.91 Å². The minimum absolute atomic E-state index is 0.0633. The third-order valence-electron chi connectivity index (χ3n) is 3.24. The highest BCUT2D eigenvalue weighted by atomic mass is 32.1. The molecule has 2 rings (SSSR count). The maximum atomic E-state index is 12.4. The predicted octanol–water partition coefficient (Wildman–Crippen LogP) is 3.26. The molecule has 1 unspecified atom stereocenters. The number of carbonyl (C=O) groups excluding carboxylic acids is 1. The molecule has 1 N–H and O–H groups in total. The van der Waals surface area contributed by atoms with Crippen molar-refractivity contribution in [2.75, 3.05) is 21.3 Å². The Labute approximate surface area is 133 Å². The lowest BCUT2D eigenvalue weighted by Crippen LogP contribution is -2.26. The summed E-state index contributed by atoms with van der Waals surface area (Å²) in [6.07, 6.45) is 0. The number of methoxy groups -OCH3 is 3. The van der Waals surface area contributed by atoms with Crippen LogP contribution in [0.25, 0.3) is 0 Å². The molecule has 0 aliphatic heterocycles. The summed E-state index contributed by atoms with van der Waals surface area (Å²) in [6, 6.07) is 7.16. The van der Waals surface area contributed by atoms with Crippen LogP contribution in [0.15, 0.2) is 29.6 Å². The van der Waals surface area contributed by atoms with Crippen LogP contribution in [0.1, 0.15) is 28.2 Å². The standard InChI is InChI=1S/C16H19NO4S/c1-10(14-6-5-7-22-14)17-16(18)11-8-12(19-2)15(21-4)13(9-11)20-3/h5-10H,1-4H3,(H,17,18). The molecule has 22 heavy (non-hydrogen) atoms. The first-order valence-corrected chi connectivity index (χ1v) is 7.63. The second kappa shape index (κ2) is 7.17. The highest BCUT2D eigenvalue weighted by Crippen LogP contribution is 2.38. The summed E-state index contributed by atoms with van der Waals surface area (Å²) in [7, 11) is 4.57. The first-order chi connectivity index (χ1) is 10.6. The van der Waals surface area contributed by atoms with Crippen molar-refractivity contribution in [3.63, 3.8) is 0 Å². The zero-order chi connectivity index (χ0) is 16.1. The Balaban J connectivity index is 2.26. The third-order valence-corrected chi connectivity index (χ3v) is 4.30. The Morgan fingerprint density at radius 3 is 2.23 bits per heavy atom. The Bertz CT molecular complexity index is 615. The van der Waals surface area contributed by atoms with E-state index < -0.39 is 0 Å². The van der Waals surface area contributed by atoms with E-state index in [1.54, 1.807) is 23.5 Å². The van der Waals surface area contributed by atoms with E-state index in [4.69, 9.17) is 14.2 Å². The summed E-state index contributed by atoms with van der Waals surface area (Å²) in [5, 5.41) is 4.94. The fourth-order valence-electron chi connectivity index (χ4n) is 2.10.